The van der Waals surface area contributed by atoms with E-state index in [-0.39, 0.29) is 16.7 Å². The highest BCUT2D eigenvalue weighted by Gasteiger charge is 2.36. The van der Waals surface area contributed by atoms with Crippen LogP contribution in [0.3, 0.4) is 0 Å². The Hall–Kier alpha value is -2.43. The third-order valence-electron chi connectivity index (χ3n) is 6.50. The number of ether oxygens (including phenoxy) is 1. The number of hydrogen-bond donors (Lipinski definition) is 0. The van der Waals surface area contributed by atoms with Crippen LogP contribution in [-0.4, -0.2) is 75.1 Å². The highest BCUT2D eigenvalue weighted by atomic mass is 32.2. The quantitative estimate of drug-likeness (QED) is 0.631. The van der Waals surface area contributed by atoms with Gasteiger partial charge in [0, 0.05) is 51.4 Å². The molecule has 3 heterocycles. The molecule has 2 fully saturated rings. The highest BCUT2D eigenvalue weighted by molar-refractivity contribution is 7.89. The lowest BCUT2D eigenvalue weighted by Gasteiger charge is -2.34. The molecule has 180 valence electrons. The first-order valence-corrected chi connectivity index (χ1v) is 12.8. The Morgan fingerprint density at radius 3 is 2.42 bits per heavy atom. The lowest BCUT2D eigenvalue weighted by atomic mass is 9.96. The number of carbonyl (C=O) groups excluding carboxylic acids is 1. The second-order valence-corrected chi connectivity index (χ2v) is 10.6. The molecule has 0 spiro atoms. The predicted molar refractivity (Wildman–Crippen MR) is 123 cm³/mol. The summed E-state index contributed by atoms with van der Waals surface area (Å²) in [6.07, 6.45) is 0.994. The van der Waals surface area contributed by atoms with Crippen LogP contribution >= 0.6 is 0 Å². The Morgan fingerprint density at radius 1 is 1.12 bits per heavy atom. The van der Waals surface area contributed by atoms with Crippen molar-refractivity contribution in [2.24, 2.45) is 5.92 Å². The van der Waals surface area contributed by atoms with Crippen molar-refractivity contribution in [1.82, 2.24) is 14.4 Å². The van der Waals surface area contributed by atoms with Gasteiger partial charge in [-0.25, -0.2) is 8.42 Å². The summed E-state index contributed by atoms with van der Waals surface area (Å²) < 4.78 is 38.0. The van der Waals surface area contributed by atoms with Crippen LogP contribution in [0.4, 0.5) is 5.69 Å². The molecule has 0 saturated carbocycles. The summed E-state index contributed by atoms with van der Waals surface area (Å²) in [4.78, 5) is 17.4. The molecule has 2 saturated heterocycles. The fraction of sp³-hybridized carbons (Fsp3) is 0.565. The van der Waals surface area contributed by atoms with Crippen molar-refractivity contribution < 1.29 is 22.5 Å². The van der Waals surface area contributed by atoms with Crippen molar-refractivity contribution >= 4 is 21.6 Å². The van der Waals surface area contributed by atoms with Crippen LogP contribution in [0.15, 0.2) is 33.7 Å². The number of benzene rings is 1. The molecule has 0 atom stereocenters. The van der Waals surface area contributed by atoms with Crippen LogP contribution in [0, 0.1) is 19.8 Å². The largest absolute Gasteiger partial charge is 0.378 e. The molecular formula is C23H32N4O5S. The molecule has 1 aromatic heterocycles. The molecule has 0 unspecified atom stereocenters. The molecule has 0 N–H and O–H groups in total. The maximum atomic E-state index is 13.2. The summed E-state index contributed by atoms with van der Waals surface area (Å²) in [7, 11) is -1.85. The van der Waals surface area contributed by atoms with Gasteiger partial charge in [0.05, 0.1) is 13.2 Å². The number of nitrogens with zero attached hydrogens (tertiary/aromatic N) is 4. The molecule has 0 bridgehead atoms. The van der Waals surface area contributed by atoms with E-state index < -0.39 is 10.0 Å². The van der Waals surface area contributed by atoms with Gasteiger partial charge < -0.3 is 19.1 Å². The minimum atomic E-state index is -3.68. The summed E-state index contributed by atoms with van der Waals surface area (Å²) in [6, 6.07) is 8.17. The average Bonchev–Trinajstić information content (AvgIpc) is 3.18. The summed E-state index contributed by atoms with van der Waals surface area (Å²) in [5, 5.41) is 3.77. The van der Waals surface area contributed by atoms with Crippen LogP contribution in [0.25, 0.3) is 0 Å². The van der Waals surface area contributed by atoms with E-state index in [0.717, 1.165) is 24.3 Å². The van der Waals surface area contributed by atoms with E-state index in [0.29, 0.717) is 57.1 Å². The highest BCUT2D eigenvalue weighted by Crippen LogP contribution is 2.29. The topological polar surface area (TPSA) is 96.2 Å². The average molecular weight is 477 g/mol. The first-order chi connectivity index (χ1) is 15.8. The van der Waals surface area contributed by atoms with Crippen molar-refractivity contribution in [3.05, 3.63) is 41.3 Å². The van der Waals surface area contributed by atoms with Crippen molar-refractivity contribution in [2.45, 2.75) is 38.1 Å². The third-order valence-corrected chi connectivity index (χ3v) is 8.64. The third kappa shape index (κ3) is 4.92. The molecule has 4 rings (SSSR count). The van der Waals surface area contributed by atoms with E-state index in [1.54, 1.807) is 18.7 Å². The maximum absolute atomic E-state index is 13.2. The van der Waals surface area contributed by atoms with E-state index in [9.17, 15) is 13.2 Å². The summed E-state index contributed by atoms with van der Waals surface area (Å²) >= 11 is 0. The van der Waals surface area contributed by atoms with E-state index in [1.165, 1.54) is 4.31 Å². The fourth-order valence-electron chi connectivity index (χ4n) is 4.72. The zero-order valence-corrected chi connectivity index (χ0v) is 20.3. The van der Waals surface area contributed by atoms with Crippen molar-refractivity contribution in [1.29, 1.82) is 0 Å². The van der Waals surface area contributed by atoms with Crippen LogP contribution in [0.5, 0.6) is 0 Å². The van der Waals surface area contributed by atoms with Gasteiger partial charge in [-0.1, -0.05) is 23.4 Å². The SMILES string of the molecule is Cc1noc(C)c1S(=O)(=O)N1CCC(C(=O)N(C)Cc2ccccc2N2CCOCC2)CC1. The number of rotatable bonds is 6. The van der Waals surface area contributed by atoms with Crippen LogP contribution in [-0.2, 0) is 26.1 Å². The zero-order chi connectivity index (χ0) is 23.6. The summed E-state index contributed by atoms with van der Waals surface area (Å²) in [6.45, 7) is 7.46. The van der Waals surface area contributed by atoms with E-state index >= 15 is 0 Å². The van der Waals surface area contributed by atoms with Gasteiger partial charge in [0.1, 0.15) is 10.6 Å². The lowest BCUT2D eigenvalue weighted by Crippen LogP contribution is -2.43. The summed E-state index contributed by atoms with van der Waals surface area (Å²) in [5.74, 6) is 0.159. The molecule has 0 aliphatic carbocycles. The van der Waals surface area contributed by atoms with Gasteiger partial charge in [0.2, 0.25) is 15.9 Å². The fourth-order valence-corrected chi connectivity index (χ4v) is 6.48. The maximum Gasteiger partial charge on any atom is 0.248 e. The number of carbonyl (C=O) groups is 1. The first kappa shape index (κ1) is 23.7. The number of hydrogen-bond acceptors (Lipinski definition) is 7. The molecule has 2 aromatic rings. The van der Waals surface area contributed by atoms with E-state index in [1.807, 2.05) is 19.2 Å². The number of morpholine rings is 1. The van der Waals surface area contributed by atoms with Crippen LogP contribution in [0.2, 0.25) is 0 Å². The second kappa shape index (κ2) is 9.82. The Morgan fingerprint density at radius 2 is 1.79 bits per heavy atom. The Kier molecular flexibility index (Phi) is 7.06. The van der Waals surface area contributed by atoms with Gasteiger partial charge in [-0.2, -0.15) is 4.31 Å². The number of aromatic nitrogens is 1. The normalized spacial score (nSPS) is 18.5. The Labute approximate surface area is 195 Å². The standard InChI is InChI=1S/C23H32N4O5S/c1-17-22(18(2)32-24-17)33(29,30)27-10-8-19(9-11-27)23(28)25(3)16-20-6-4-5-7-21(20)26-12-14-31-15-13-26/h4-7,19H,8-16H2,1-3H3. The van der Waals surface area contributed by atoms with Crippen LogP contribution < -0.4 is 4.90 Å². The molecule has 1 aromatic carbocycles. The van der Waals surface area contributed by atoms with E-state index in [4.69, 9.17) is 9.26 Å². The Bertz CT molecular complexity index is 1070. The molecule has 0 radical (unpaired) electrons. The monoisotopic (exact) mass is 476 g/mol. The van der Waals surface area contributed by atoms with Crippen molar-refractivity contribution in [3.63, 3.8) is 0 Å². The molecule has 33 heavy (non-hydrogen) atoms. The number of piperidine rings is 1. The summed E-state index contributed by atoms with van der Waals surface area (Å²) in [5.41, 5.74) is 2.61. The number of sulfonamides is 1. The number of anilines is 1. The van der Waals surface area contributed by atoms with Gasteiger partial charge >= 0.3 is 0 Å². The van der Waals surface area contributed by atoms with Gasteiger partial charge in [-0.05, 0) is 38.3 Å². The van der Waals surface area contributed by atoms with Crippen molar-refractivity contribution in [2.75, 3.05) is 51.3 Å². The molecular weight excluding hydrogens is 444 g/mol. The molecule has 9 nitrogen and oxygen atoms in total. The number of aryl methyl sites for hydroxylation is 2. The van der Waals surface area contributed by atoms with Crippen LogP contribution in [0.1, 0.15) is 29.9 Å². The minimum Gasteiger partial charge on any atom is -0.378 e. The van der Waals surface area contributed by atoms with Gasteiger partial charge in [-0.15, -0.1) is 0 Å². The van der Waals surface area contributed by atoms with Gasteiger partial charge in [0.15, 0.2) is 5.76 Å². The van der Waals surface area contributed by atoms with E-state index in [2.05, 4.69) is 22.2 Å². The molecule has 2 aliphatic heterocycles. The Balaban J connectivity index is 1.38. The lowest BCUT2D eigenvalue weighted by molar-refractivity contribution is -0.135. The first-order valence-electron chi connectivity index (χ1n) is 11.4. The molecule has 1 amide bonds. The smallest absolute Gasteiger partial charge is 0.248 e. The molecule has 2 aliphatic rings. The number of amides is 1. The van der Waals surface area contributed by atoms with Crippen molar-refractivity contribution in [3.8, 4) is 0 Å². The predicted octanol–water partition coefficient (Wildman–Crippen LogP) is 2.19. The zero-order valence-electron chi connectivity index (χ0n) is 19.5. The van der Waals surface area contributed by atoms with Gasteiger partial charge in [0.25, 0.3) is 0 Å². The minimum absolute atomic E-state index is 0.0566. The van der Waals surface area contributed by atoms with Gasteiger partial charge in [-0.3, -0.25) is 4.79 Å². The second-order valence-electron chi connectivity index (χ2n) is 8.75. The number of para-hydroxylation sites is 1. The molecule has 10 heteroatoms.